The summed E-state index contributed by atoms with van der Waals surface area (Å²) in [5.41, 5.74) is 1.46. The monoisotopic (exact) mass is 238 g/mol. The normalized spacial score (nSPS) is 16.9. The van der Waals surface area contributed by atoms with Crippen LogP contribution in [0.2, 0.25) is 0 Å². The summed E-state index contributed by atoms with van der Waals surface area (Å²) >= 11 is 0. The van der Waals surface area contributed by atoms with Crippen LogP contribution in [0.1, 0.15) is 24.8 Å². The van der Waals surface area contributed by atoms with Crippen molar-refractivity contribution in [3.05, 3.63) is 35.9 Å². The van der Waals surface area contributed by atoms with Gasteiger partial charge in [0.05, 0.1) is 24.1 Å². The molecule has 0 unspecified atom stereocenters. The lowest BCUT2D eigenvalue weighted by atomic mass is 9.65. The maximum Gasteiger partial charge on any atom is 0.218 e. The van der Waals surface area contributed by atoms with Crippen LogP contribution in [0.15, 0.2) is 30.3 Å². The predicted molar refractivity (Wildman–Crippen MR) is 69.4 cm³/mol. The topological polar surface area (TPSA) is 45.9 Å². The number of ether oxygens (including phenoxy) is 1. The Kier molecular flexibility index (Phi) is 2.45. The van der Waals surface area contributed by atoms with Gasteiger partial charge in [0.2, 0.25) is 5.88 Å². The molecule has 1 fully saturated rings. The average Bonchev–Trinajstić information content (AvgIpc) is 2.37. The molecule has 0 atom stereocenters. The van der Waals surface area contributed by atoms with Gasteiger partial charge < -0.3 is 4.74 Å². The lowest BCUT2D eigenvalue weighted by Crippen LogP contribution is -2.33. The molecule has 3 nitrogen and oxygen atoms in total. The Balaban J connectivity index is 2.24. The number of aromatic nitrogens is 1. The van der Waals surface area contributed by atoms with Gasteiger partial charge in [-0.1, -0.05) is 18.2 Å². The summed E-state index contributed by atoms with van der Waals surface area (Å²) in [5, 5.41) is 10.5. The molecule has 0 radical (unpaired) electrons. The fourth-order valence-corrected chi connectivity index (χ4v) is 2.57. The molecular weight excluding hydrogens is 224 g/mol. The molecule has 0 bridgehead atoms. The minimum atomic E-state index is -0.387. The number of nitriles is 1. The summed E-state index contributed by atoms with van der Waals surface area (Å²) in [6, 6.07) is 12.4. The standard InChI is InChI=1S/C15H14N2O/c1-18-14-12(15(10-16)7-4-8-15)9-11-5-2-3-6-13(11)17-14/h2-3,5-6,9H,4,7-8H2,1H3. The number of fused-ring (bicyclic) bond motifs is 1. The van der Waals surface area contributed by atoms with Crippen molar-refractivity contribution in [2.24, 2.45) is 0 Å². The molecule has 1 aromatic heterocycles. The molecule has 0 N–H and O–H groups in total. The van der Waals surface area contributed by atoms with Crippen LogP contribution in [0.5, 0.6) is 5.88 Å². The van der Waals surface area contributed by atoms with E-state index in [9.17, 15) is 5.26 Å². The number of para-hydroxylation sites is 1. The second-order valence-electron chi connectivity index (χ2n) is 4.79. The van der Waals surface area contributed by atoms with Crippen LogP contribution >= 0.6 is 0 Å². The van der Waals surface area contributed by atoms with Gasteiger partial charge in [0.25, 0.3) is 0 Å². The maximum absolute atomic E-state index is 9.45. The molecule has 1 aromatic carbocycles. The van der Waals surface area contributed by atoms with Crippen molar-refractivity contribution in [1.29, 1.82) is 5.26 Å². The lowest BCUT2D eigenvalue weighted by molar-refractivity contribution is 0.303. The molecule has 3 rings (SSSR count). The van der Waals surface area contributed by atoms with E-state index in [0.717, 1.165) is 35.7 Å². The third kappa shape index (κ3) is 1.46. The van der Waals surface area contributed by atoms with Gasteiger partial charge >= 0.3 is 0 Å². The molecule has 1 aliphatic carbocycles. The van der Waals surface area contributed by atoms with E-state index in [-0.39, 0.29) is 5.41 Å². The minimum absolute atomic E-state index is 0.387. The number of hydrogen-bond acceptors (Lipinski definition) is 3. The van der Waals surface area contributed by atoms with Crippen molar-refractivity contribution in [1.82, 2.24) is 4.98 Å². The number of pyridine rings is 1. The summed E-state index contributed by atoms with van der Waals surface area (Å²) in [7, 11) is 1.62. The lowest BCUT2D eigenvalue weighted by Gasteiger charge is -2.36. The van der Waals surface area contributed by atoms with Crippen molar-refractivity contribution in [3.8, 4) is 11.9 Å². The highest BCUT2D eigenvalue weighted by Gasteiger charge is 2.41. The first-order valence-corrected chi connectivity index (χ1v) is 6.15. The number of methoxy groups -OCH3 is 1. The van der Waals surface area contributed by atoms with Gasteiger partial charge in [-0.3, -0.25) is 0 Å². The molecule has 0 amide bonds. The zero-order valence-corrected chi connectivity index (χ0v) is 10.3. The van der Waals surface area contributed by atoms with Crippen LogP contribution in [0, 0.1) is 11.3 Å². The summed E-state index contributed by atoms with van der Waals surface area (Å²) < 4.78 is 5.37. The first kappa shape index (κ1) is 11.0. The molecule has 18 heavy (non-hydrogen) atoms. The van der Waals surface area contributed by atoms with E-state index in [4.69, 9.17) is 4.74 Å². The van der Waals surface area contributed by atoms with Gasteiger partial charge in [0.1, 0.15) is 0 Å². The van der Waals surface area contributed by atoms with Crippen molar-refractivity contribution in [3.63, 3.8) is 0 Å². The highest BCUT2D eigenvalue weighted by molar-refractivity contribution is 5.80. The van der Waals surface area contributed by atoms with E-state index in [1.807, 2.05) is 24.3 Å². The fourth-order valence-electron chi connectivity index (χ4n) is 2.57. The maximum atomic E-state index is 9.45. The summed E-state index contributed by atoms with van der Waals surface area (Å²) in [6.07, 6.45) is 2.91. The number of rotatable bonds is 2. The van der Waals surface area contributed by atoms with E-state index < -0.39 is 0 Å². The molecule has 2 aromatic rings. The SMILES string of the molecule is COc1nc2ccccc2cc1C1(C#N)CCC1. The molecule has 0 spiro atoms. The summed E-state index contributed by atoms with van der Waals surface area (Å²) in [4.78, 5) is 4.52. The number of benzene rings is 1. The Morgan fingerprint density at radius 1 is 1.33 bits per heavy atom. The first-order chi connectivity index (χ1) is 8.79. The second kappa shape index (κ2) is 3.99. The van der Waals surface area contributed by atoms with E-state index in [1.165, 1.54) is 0 Å². The van der Waals surface area contributed by atoms with Crippen molar-refractivity contribution in [2.75, 3.05) is 7.11 Å². The van der Waals surface area contributed by atoms with Gasteiger partial charge in [-0.05, 0) is 31.4 Å². The Morgan fingerprint density at radius 2 is 2.11 bits per heavy atom. The predicted octanol–water partition coefficient (Wildman–Crippen LogP) is 3.19. The molecule has 0 aliphatic heterocycles. The Hall–Kier alpha value is -2.08. The Morgan fingerprint density at radius 3 is 2.72 bits per heavy atom. The van der Waals surface area contributed by atoms with Gasteiger partial charge in [-0.15, -0.1) is 0 Å². The average molecular weight is 238 g/mol. The fraction of sp³-hybridized carbons (Fsp3) is 0.333. The molecule has 90 valence electrons. The zero-order chi connectivity index (χ0) is 12.6. The molecule has 1 saturated carbocycles. The van der Waals surface area contributed by atoms with Crippen LogP contribution in [0.25, 0.3) is 10.9 Å². The van der Waals surface area contributed by atoms with Crippen molar-refractivity contribution >= 4 is 10.9 Å². The molecule has 0 saturated heterocycles. The summed E-state index contributed by atoms with van der Waals surface area (Å²) in [5.74, 6) is 0.593. The quantitative estimate of drug-likeness (QED) is 0.807. The Labute approximate surface area is 106 Å². The van der Waals surface area contributed by atoms with E-state index >= 15 is 0 Å². The molecular formula is C15H14N2O. The number of nitrogens with zero attached hydrogens (tertiary/aromatic N) is 2. The minimum Gasteiger partial charge on any atom is -0.481 e. The van der Waals surface area contributed by atoms with Crippen molar-refractivity contribution < 1.29 is 4.74 Å². The van der Waals surface area contributed by atoms with Gasteiger partial charge in [0, 0.05) is 10.9 Å². The number of hydrogen-bond donors (Lipinski definition) is 0. The van der Waals surface area contributed by atoms with Crippen LogP contribution in [-0.4, -0.2) is 12.1 Å². The van der Waals surface area contributed by atoms with E-state index in [1.54, 1.807) is 7.11 Å². The largest absolute Gasteiger partial charge is 0.481 e. The highest BCUT2D eigenvalue weighted by Crippen LogP contribution is 2.46. The molecule has 1 aliphatic rings. The van der Waals surface area contributed by atoms with Gasteiger partial charge in [0.15, 0.2) is 0 Å². The van der Waals surface area contributed by atoms with Gasteiger partial charge in [-0.25, -0.2) is 4.98 Å². The van der Waals surface area contributed by atoms with Crippen LogP contribution in [-0.2, 0) is 5.41 Å². The highest BCUT2D eigenvalue weighted by atomic mass is 16.5. The zero-order valence-electron chi connectivity index (χ0n) is 10.3. The molecule has 3 heteroatoms. The van der Waals surface area contributed by atoms with E-state index in [0.29, 0.717) is 5.88 Å². The van der Waals surface area contributed by atoms with Crippen LogP contribution in [0.3, 0.4) is 0 Å². The third-order valence-corrected chi connectivity index (χ3v) is 3.82. The van der Waals surface area contributed by atoms with Gasteiger partial charge in [-0.2, -0.15) is 5.26 Å². The third-order valence-electron chi connectivity index (χ3n) is 3.82. The van der Waals surface area contributed by atoms with Crippen LogP contribution in [0.4, 0.5) is 0 Å². The Bertz CT molecular complexity index is 638. The summed E-state index contributed by atoms with van der Waals surface area (Å²) in [6.45, 7) is 0. The second-order valence-corrected chi connectivity index (χ2v) is 4.79. The van der Waals surface area contributed by atoms with E-state index in [2.05, 4.69) is 17.1 Å². The first-order valence-electron chi connectivity index (χ1n) is 6.15. The van der Waals surface area contributed by atoms with Crippen LogP contribution < -0.4 is 4.74 Å². The van der Waals surface area contributed by atoms with Crippen molar-refractivity contribution in [2.45, 2.75) is 24.7 Å². The molecule has 1 heterocycles. The smallest absolute Gasteiger partial charge is 0.218 e.